The Kier molecular flexibility index (Phi) is 4.50. The van der Waals surface area contributed by atoms with E-state index in [1.54, 1.807) is 6.07 Å². The molecular weight excluding hydrogens is 277 g/mol. The molecule has 2 aromatic carbocycles. The standard InChI is InChI=1S/C16H17ClFNO/c1-10-4-6-13(9-14(10)17)19-11(2)12-5-7-16(20-3)15(18)8-12/h4-9,11,19H,1-3H3. The van der Waals surface area contributed by atoms with Crippen molar-refractivity contribution in [1.82, 2.24) is 0 Å². The maximum atomic E-state index is 13.7. The summed E-state index contributed by atoms with van der Waals surface area (Å²) < 4.78 is 18.6. The van der Waals surface area contributed by atoms with Crippen LogP contribution in [0.3, 0.4) is 0 Å². The summed E-state index contributed by atoms with van der Waals surface area (Å²) in [6.45, 7) is 3.92. The second-order valence-electron chi connectivity index (χ2n) is 4.72. The van der Waals surface area contributed by atoms with Gasteiger partial charge in [0.25, 0.3) is 0 Å². The molecule has 0 saturated carbocycles. The van der Waals surface area contributed by atoms with E-state index in [1.807, 2.05) is 38.1 Å². The lowest BCUT2D eigenvalue weighted by Gasteiger charge is -2.17. The Morgan fingerprint density at radius 2 is 1.95 bits per heavy atom. The van der Waals surface area contributed by atoms with Gasteiger partial charge in [0.1, 0.15) is 0 Å². The highest BCUT2D eigenvalue weighted by molar-refractivity contribution is 6.31. The number of benzene rings is 2. The van der Waals surface area contributed by atoms with Gasteiger partial charge in [0.15, 0.2) is 11.6 Å². The summed E-state index contributed by atoms with van der Waals surface area (Å²) in [5.74, 6) is -0.111. The summed E-state index contributed by atoms with van der Waals surface area (Å²) in [4.78, 5) is 0. The number of rotatable bonds is 4. The van der Waals surface area contributed by atoms with E-state index in [-0.39, 0.29) is 17.6 Å². The molecule has 0 spiro atoms. The van der Waals surface area contributed by atoms with Gasteiger partial charge in [-0.1, -0.05) is 23.7 Å². The molecule has 0 radical (unpaired) electrons. The van der Waals surface area contributed by atoms with Crippen LogP contribution >= 0.6 is 11.6 Å². The number of ether oxygens (including phenoxy) is 1. The molecule has 0 heterocycles. The van der Waals surface area contributed by atoms with Crippen molar-refractivity contribution < 1.29 is 9.13 Å². The predicted molar refractivity (Wildman–Crippen MR) is 81.2 cm³/mol. The molecule has 0 aromatic heterocycles. The van der Waals surface area contributed by atoms with Crippen molar-refractivity contribution in [3.8, 4) is 5.75 Å². The molecule has 0 bridgehead atoms. The molecule has 0 fully saturated rings. The third-order valence-corrected chi connectivity index (χ3v) is 3.64. The van der Waals surface area contributed by atoms with Crippen molar-refractivity contribution in [3.05, 3.63) is 58.4 Å². The zero-order chi connectivity index (χ0) is 14.7. The van der Waals surface area contributed by atoms with Crippen molar-refractivity contribution in [2.75, 3.05) is 12.4 Å². The smallest absolute Gasteiger partial charge is 0.165 e. The summed E-state index contributed by atoms with van der Waals surface area (Å²) in [5, 5.41) is 4.01. The summed E-state index contributed by atoms with van der Waals surface area (Å²) in [5.41, 5.74) is 2.78. The molecule has 20 heavy (non-hydrogen) atoms. The average Bonchev–Trinajstić information content (AvgIpc) is 2.42. The van der Waals surface area contributed by atoms with Crippen molar-refractivity contribution >= 4 is 17.3 Å². The van der Waals surface area contributed by atoms with Gasteiger partial charge in [0.05, 0.1) is 7.11 Å². The largest absolute Gasteiger partial charge is 0.494 e. The van der Waals surface area contributed by atoms with Gasteiger partial charge in [0.2, 0.25) is 0 Å². The van der Waals surface area contributed by atoms with E-state index in [0.29, 0.717) is 5.02 Å². The first-order chi connectivity index (χ1) is 9.51. The molecule has 1 atom stereocenters. The maximum absolute atomic E-state index is 13.7. The van der Waals surface area contributed by atoms with Gasteiger partial charge in [0, 0.05) is 16.8 Å². The third kappa shape index (κ3) is 3.23. The Labute approximate surface area is 123 Å². The van der Waals surface area contributed by atoms with Gasteiger partial charge >= 0.3 is 0 Å². The summed E-state index contributed by atoms with van der Waals surface area (Å²) >= 11 is 6.09. The molecule has 2 aromatic rings. The fraction of sp³-hybridized carbons (Fsp3) is 0.250. The molecular formula is C16H17ClFNO. The van der Waals surface area contributed by atoms with E-state index in [1.165, 1.54) is 13.2 Å². The van der Waals surface area contributed by atoms with Crippen LogP contribution in [0.1, 0.15) is 24.1 Å². The van der Waals surface area contributed by atoms with Crippen molar-refractivity contribution in [1.29, 1.82) is 0 Å². The monoisotopic (exact) mass is 293 g/mol. The molecule has 2 nitrogen and oxygen atoms in total. The molecule has 4 heteroatoms. The zero-order valence-electron chi connectivity index (χ0n) is 11.7. The Morgan fingerprint density at radius 3 is 2.55 bits per heavy atom. The highest BCUT2D eigenvalue weighted by atomic mass is 35.5. The Balaban J connectivity index is 2.17. The van der Waals surface area contributed by atoms with Gasteiger partial charge < -0.3 is 10.1 Å². The number of aryl methyl sites for hydroxylation is 1. The van der Waals surface area contributed by atoms with E-state index in [0.717, 1.165) is 16.8 Å². The Hall–Kier alpha value is -1.74. The number of hydrogen-bond donors (Lipinski definition) is 1. The molecule has 0 aliphatic rings. The molecule has 2 rings (SSSR count). The number of methoxy groups -OCH3 is 1. The summed E-state index contributed by atoms with van der Waals surface area (Å²) in [6.07, 6.45) is 0. The third-order valence-electron chi connectivity index (χ3n) is 3.23. The van der Waals surface area contributed by atoms with Crippen molar-refractivity contribution in [3.63, 3.8) is 0 Å². The second kappa shape index (κ2) is 6.14. The first-order valence-electron chi connectivity index (χ1n) is 6.37. The maximum Gasteiger partial charge on any atom is 0.165 e. The van der Waals surface area contributed by atoms with Crippen LogP contribution in [0, 0.1) is 12.7 Å². The number of halogens is 2. The Morgan fingerprint density at radius 1 is 1.20 bits per heavy atom. The lowest BCUT2D eigenvalue weighted by molar-refractivity contribution is 0.386. The van der Waals surface area contributed by atoms with Crippen LogP contribution in [0.25, 0.3) is 0 Å². The lowest BCUT2D eigenvalue weighted by atomic mass is 10.1. The normalized spacial score (nSPS) is 12.1. The minimum atomic E-state index is -0.361. The van der Waals surface area contributed by atoms with Crippen molar-refractivity contribution in [2.24, 2.45) is 0 Å². The molecule has 0 amide bonds. The first kappa shape index (κ1) is 14.7. The van der Waals surface area contributed by atoms with Crippen LogP contribution in [-0.4, -0.2) is 7.11 Å². The van der Waals surface area contributed by atoms with Crippen LogP contribution in [0.5, 0.6) is 5.75 Å². The van der Waals surface area contributed by atoms with E-state index in [9.17, 15) is 4.39 Å². The minimum absolute atomic E-state index is 0.0332. The van der Waals surface area contributed by atoms with Gasteiger partial charge in [-0.25, -0.2) is 4.39 Å². The van der Waals surface area contributed by atoms with E-state index in [2.05, 4.69) is 5.32 Å². The lowest BCUT2D eigenvalue weighted by Crippen LogP contribution is -2.07. The average molecular weight is 294 g/mol. The Bertz CT molecular complexity index is 615. The van der Waals surface area contributed by atoms with Gasteiger partial charge in [-0.2, -0.15) is 0 Å². The molecule has 0 aliphatic carbocycles. The molecule has 1 unspecified atom stereocenters. The van der Waals surface area contributed by atoms with E-state index in [4.69, 9.17) is 16.3 Å². The minimum Gasteiger partial charge on any atom is -0.494 e. The first-order valence-corrected chi connectivity index (χ1v) is 6.75. The summed E-state index contributed by atoms with van der Waals surface area (Å²) in [7, 11) is 1.45. The SMILES string of the molecule is COc1ccc(C(C)Nc2ccc(C)c(Cl)c2)cc1F. The molecule has 0 saturated heterocycles. The highest BCUT2D eigenvalue weighted by Gasteiger charge is 2.10. The number of hydrogen-bond acceptors (Lipinski definition) is 2. The number of anilines is 1. The highest BCUT2D eigenvalue weighted by Crippen LogP contribution is 2.26. The van der Waals surface area contributed by atoms with Crippen LogP contribution in [0.4, 0.5) is 10.1 Å². The van der Waals surface area contributed by atoms with Gasteiger partial charge in [-0.3, -0.25) is 0 Å². The van der Waals surface area contributed by atoms with Crippen molar-refractivity contribution in [2.45, 2.75) is 19.9 Å². The van der Waals surface area contributed by atoms with E-state index < -0.39 is 0 Å². The molecule has 0 aliphatic heterocycles. The topological polar surface area (TPSA) is 21.3 Å². The van der Waals surface area contributed by atoms with Gasteiger partial charge in [-0.05, 0) is 49.2 Å². The fourth-order valence-electron chi connectivity index (χ4n) is 1.97. The fourth-order valence-corrected chi connectivity index (χ4v) is 2.15. The predicted octanol–water partition coefficient (Wildman–Crippen LogP) is 4.97. The second-order valence-corrected chi connectivity index (χ2v) is 5.13. The van der Waals surface area contributed by atoms with Crippen LogP contribution in [0.15, 0.2) is 36.4 Å². The quantitative estimate of drug-likeness (QED) is 0.859. The van der Waals surface area contributed by atoms with Crippen LogP contribution in [-0.2, 0) is 0 Å². The number of nitrogens with one attached hydrogen (secondary N) is 1. The zero-order valence-corrected chi connectivity index (χ0v) is 12.5. The molecule has 1 N–H and O–H groups in total. The van der Waals surface area contributed by atoms with Crippen LogP contribution < -0.4 is 10.1 Å². The van der Waals surface area contributed by atoms with E-state index >= 15 is 0 Å². The van der Waals surface area contributed by atoms with Crippen LogP contribution in [0.2, 0.25) is 5.02 Å². The molecule has 106 valence electrons. The summed E-state index contributed by atoms with van der Waals surface area (Å²) in [6, 6.07) is 10.7. The van der Waals surface area contributed by atoms with Gasteiger partial charge in [-0.15, -0.1) is 0 Å².